The van der Waals surface area contributed by atoms with Crippen molar-refractivity contribution in [3.05, 3.63) is 28.0 Å². The van der Waals surface area contributed by atoms with Crippen LogP contribution in [-0.2, 0) is 10.0 Å². The lowest BCUT2D eigenvalue weighted by Gasteiger charge is -2.18. The van der Waals surface area contributed by atoms with E-state index in [0.717, 1.165) is 12.1 Å². The van der Waals surface area contributed by atoms with Gasteiger partial charge in [-0.05, 0) is 31.0 Å². The van der Waals surface area contributed by atoms with Crippen LogP contribution in [0.4, 0.5) is 4.39 Å². The molecule has 0 amide bonds. The second kappa shape index (κ2) is 5.54. The van der Waals surface area contributed by atoms with Gasteiger partial charge in [0.15, 0.2) is 0 Å². The summed E-state index contributed by atoms with van der Waals surface area (Å²) in [5.74, 6) is -0.539. The number of hydrogen-bond donors (Lipinski definition) is 1. The predicted octanol–water partition coefficient (Wildman–Crippen LogP) is 2.10. The minimum Gasteiger partial charge on any atom is -0.330 e. The van der Waals surface area contributed by atoms with Crippen molar-refractivity contribution in [2.45, 2.75) is 11.3 Å². The van der Waals surface area contributed by atoms with Gasteiger partial charge in [0.1, 0.15) is 10.7 Å². The minimum atomic E-state index is -3.81. The van der Waals surface area contributed by atoms with Gasteiger partial charge in [0.2, 0.25) is 10.0 Å². The smallest absolute Gasteiger partial charge is 0.246 e. The fourth-order valence-corrected chi connectivity index (χ4v) is 4.78. The maximum absolute atomic E-state index is 13.1. The van der Waals surface area contributed by atoms with Crippen LogP contribution in [0, 0.1) is 11.7 Å². The van der Waals surface area contributed by atoms with Crippen LogP contribution in [0.1, 0.15) is 6.42 Å². The van der Waals surface area contributed by atoms with Gasteiger partial charge in [0.25, 0.3) is 0 Å². The van der Waals surface area contributed by atoms with Crippen molar-refractivity contribution in [3.63, 3.8) is 0 Å². The first-order chi connectivity index (χ1) is 8.86. The van der Waals surface area contributed by atoms with Crippen LogP contribution >= 0.6 is 23.2 Å². The quantitative estimate of drug-likeness (QED) is 0.925. The van der Waals surface area contributed by atoms with Crippen molar-refractivity contribution in [2.24, 2.45) is 11.7 Å². The lowest BCUT2D eigenvalue weighted by Crippen LogP contribution is -2.30. The molecule has 0 aliphatic carbocycles. The number of halogens is 3. The van der Waals surface area contributed by atoms with Gasteiger partial charge in [-0.15, -0.1) is 0 Å². The molecule has 8 heteroatoms. The third-order valence-electron chi connectivity index (χ3n) is 3.14. The number of hydrogen-bond acceptors (Lipinski definition) is 3. The van der Waals surface area contributed by atoms with Crippen LogP contribution in [0.5, 0.6) is 0 Å². The molecular weight excluding hydrogens is 314 g/mol. The number of nitrogens with two attached hydrogens (primary N) is 1. The molecule has 0 aromatic heterocycles. The van der Waals surface area contributed by atoms with Gasteiger partial charge in [0.05, 0.1) is 10.0 Å². The van der Waals surface area contributed by atoms with Crippen LogP contribution in [0.15, 0.2) is 17.0 Å². The van der Waals surface area contributed by atoms with Gasteiger partial charge in [-0.3, -0.25) is 0 Å². The van der Waals surface area contributed by atoms with E-state index in [9.17, 15) is 12.8 Å². The molecule has 1 aromatic carbocycles. The second-order valence-corrected chi connectivity index (χ2v) is 7.14. The molecule has 1 aliphatic rings. The molecule has 1 unspecified atom stereocenters. The summed E-state index contributed by atoms with van der Waals surface area (Å²) in [4.78, 5) is -0.241. The van der Waals surface area contributed by atoms with E-state index >= 15 is 0 Å². The summed E-state index contributed by atoms with van der Waals surface area (Å²) in [6.07, 6.45) is 0.701. The Bertz CT molecular complexity index is 571. The zero-order valence-corrected chi connectivity index (χ0v) is 12.3. The van der Waals surface area contributed by atoms with Crippen molar-refractivity contribution in [3.8, 4) is 0 Å². The highest BCUT2D eigenvalue weighted by molar-refractivity contribution is 7.89. The summed E-state index contributed by atoms with van der Waals surface area (Å²) in [5.41, 5.74) is 5.53. The zero-order chi connectivity index (χ0) is 14.2. The molecule has 1 heterocycles. The highest BCUT2D eigenvalue weighted by Gasteiger charge is 2.34. The lowest BCUT2D eigenvalue weighted by atomic mass is 10.1. The molecule has 1 fully saturated rings. The molecule has 0 bridgehead atoms. The molecular formula is C11H13Cl2FN2O2S. The fourth-order valence-electron chi connectivity index (χ4n) is 2.11. The molecule has 4 nitrogen and oxygen atoms in total. The Morgan fingerprint density at radius 3 is 2.42 bits per heavy atom. The number of rotatable bonds is 3. The van der Waals surface area contributed by atoms with Crippen molar-refractivity contribution >= 4 is 33.2 Å². The summed E-state index contributed by atoms with van der Waals surface area (Å²) < 4.78 is 39.3. The first kappa shape index (κ1) is 15.0. The molecule has 1 aromatic rings. The highest BCUT2D eigenvalue weighted by atomic mass is 35.5. The molecule has 1 atom stereocenters. The summed E-state index contributed by atoms with van der Waals surface area (Å²) in [7, 11) is -3.81. The Labute approximate surface area is 121 Å². The summed E-state index contributed by atoms with van der Waals surface area (Å²) >= 11 is 11.6. The Balaban J connectivity index is 2.41. The molecule has 19 heavy (non-hydrogen) atoms. The highest BCUT2D eigenvalue weighted by Crippen LogP contribution is 2.34. The summed E-state index contributed by atoms with van der Waals surface area (Å²) in [6.45, 7) is 1.13. The topological polar surface area (TPSA) is 63.4 Å². The molecule has 2 N–H and O–H groups in total. The van der Waals surface area contributed by atoms with Gasteiger partial charge < -0.3 is 5.73 Å². The van der Waals surface area contributed by atoms with E-state index in [2.05, 4.69) is 0 Å². The summed E-state index contributed by atoms with van der Waals surface area (Å²) in [6, 6.07) is 1.88. The van der Waals surface area contributed by atoms with E-state index in [0.29, 0.717) is 26.1 Å². The number of nitrogens with zero attached hydrogens (tertiary/aromatic N) is 1. The van der Waals surface area contributed by atoms with E-state index in [1.807, 2.05) is 0 Å². The van der Waals surface area contributed by atoms with Crippen molar-refractivity contribution in [1.29, 1.82) is 0 Å². The molecule has 0 radical (unpaired) electrons. The van der Waals surface area contributed by atoms with Crippen LogP contribution in [0.3, 0.4) is 0 Å². The molecule has 2 rings (SSSR count). The SMILES string of the molecule is NCC1CCN(S(=O)(=O)c2c(Cl)cc(F)cc2Cl)C1. The number of sulfonamides is 1. The first-order valence-corrected chi connectivity index (χ1v) is 7.90. The Hall–Kier alpha value is -0.400. The molecule has 0 spiro atoms. The lowest BCUT2D eigenvalue weighted by molar-refractivity contribution is 0.459. The average molecular weight is 327 g/mol. The van der Waals surface area contributed by atoms with Gasteiger partial charge >= 0.3 is 0 Å². The van der Waals surface area contributed by atoms with E-state index in [1.54, 1.807) is 0 Å². The van der Waals surface area contributed by atoms with E-state index in [-0.39, 0.29) is 20.9 Å². The van der Waals surface area contributed by atoms with Crippen LogP contribution in [0.25, 0.3) is 0 Å². The largest absolute Gasteiger partial charge is 0.330 e. The van der Waals surface area contributed by atoms with Crippen molar-refractivity contribution in [2.75, 3.05) is 19.6 Å². The summed E-state index contributed by atoms with van der Waals surface area (Å²) in [5, 5.41) is -0.414. The fraction of sp³-hybridized carbons (Fsp3) is 0.455. The maximum Gasteiger partial charge on any atom is 0.246 e. The van der Waals surface area contributed by atoms with E-state index in [4.69, 9.17) is 28.9 Å². The van der Waals surface area contributed by atoms with Crippen LogP contribution in [0.2, 0.25) is 10.0 Å². The molecule has 0 saturated carbocycles. The zero-order valence-electron chi connectivity index (χ0n) is 9.94. The van der Waals surface area contributed by atoms with Gasteiger partial charge in [-0.2, -0.15) is 4.31 Å². The average Bonchev–Trinajstić information content (AvgIpc) is 2.75. The van der Waals surface area contributed by atoms with Crippen molar-refractivity contribution < 1.29 is 12.8 Å². The normalized spacial score (nSPS) is 20.9. The first-order valence-electron chi connectivity index (χ1n) is 5.71. The molecule has 1 saturated heterocycles. The van der Waals surface area contributed by atoms with Crippen molar-refractivity contribution in [1.82, 2.24) is 4.31 Å². The van der Waals surface area contributed by atoms with Crippen LogP contribution < -0.4 is 5.73 Å². The van der Waals surface area contributed by atoms with Gasteiger partial charge in [-0.1, -0.05) is 23.2 Å². The standard InChI is InChI=1S/C11H13Cl2FN2O2S/c12-9-3-8(14)4-10(13)11(9)19(17,18)16-2-1-7(5-15)6-16/h3-4,7H,1-2,5-6,15H2. The van der Waals surface area contributed by atoms with Crippen LogP contribution in [-0.4, -0.2) is 32.4 Å². The predicted molar refractivity (Wildman–Crippen MR) is 72.3 cm³/mol. The minimum absolute atomic E-state index is 0.132. The van der Waals surface area contributed by atoms with E-state index in [1.165, 1.54) is 4.31 Å². The molecule has 1 aliphatic heterocycles. The Kier molecular flexibility index (Phi) is 4.37. The molecule has 106 valence electrons. The Morgan fingerprint density at radius 2 is 1.95 bits per heavy atom. The second-order valence-electron chi connectivity index (χ2n) is 4.45. The number of benzene rings is 1. The maximum atomic E-state index is 13.1. The van der Waals surface area contributed by atoms with Gasteiger partial charge in [0, 0.05) is 13.1 Å². The van der Waals surface area contributed by atoms with Gasteiger partial charge in [-0.25, -0.2) is 12.8 Å². The third kappa shape index (κ3) is 2.87. The van der Waals surface area contributed by atoms with E-state index < -0.39 is 15.8 Å². The Morgan fingerprint density at radius 1 is 1.37 bits per heavy atom. The third-order valence-corrected chi connectivity index (χ3v) is 5.93. The monoisotopic (exact) mass is 326 g/mol.